The second kappa shape index (κ2) is 8.85. The molecule has 1 atom stereocenters. The molecule has 146 valence electrons. The number of hydrogen-bond donors (Lipinski definition) is 1. The van der Waals surface area contributed by atoms with E-state index >= 15 is 0 Å². The highest BCUT2D eigenvalue weighted by molar-refractivity contribution is 5.83. The number of carbonyl (C=O) groups is 1. The number of nitrogens with one attached hydrogen (secondary N) is 1. The standard InChI is InChI=1S/C22H27N5O/c1-16-6-8-17(9-7-16)20(26(2)3)22(28)25-19-10-13-27(14-11-19)21-18(15-23)5-4-12-24-21/h4-9,12,19-20H,10-11,13-14H2,1-3H3,(H,25,28)/t20-/m1/s1. The summed E-state index contributed by atoms with van der Waals surface area (Å²) in [6.07, 6.45) is 3.38. The van der Waals surface area contributed by atoms with Gasteiger partial charge in [-0.05, 0) is 51.6 Å². The van der Waals surface area contributed by atoms with Crippen LogP contribution in [0.4, 0.5) is 5.82 Å². The lowest BCUT2D eigenvalue weighted by molar-refractivity contribution is -0.126. The molecule has 1 aromatic heterocycles. The van der Waals surface area contributed by atoms with E-state index < -0.39 is 0 Å². The summed E-state index contributed by atoms with van der Waals surface area (Å²) in [7, 11) is 3.86. The van der Waals surface area contributed by atoms with Gasteiger partial charge in [-0.15, -0.1) is 0 Å². The molecular weight excluding hydrogens is 350 g/mol. The number of likely N-dealkylation sites (N-methyl/N-ethyl adjacent to an activating group) is 1. The first-order valence-electron chi connectivity index (χ1n) is 9.63. The summed E-state index contributed by atoms with van der Waals surface area (Å²) in [6, 6.07) is 13.7. The number of benzene rings is 1. The number of pyridine rings is 1. The van der Waals surface area contributed by atoms with E-state index in [1.807, 2.05) is 50.2 Å². The minimum Gasteiger partial charge on any atom is -0.355 e. The first-order chi connectivity index (χ1) is 13.5. The summed E-state index contributed by atoms with van der Waals surface area (Å²) in [5, 5.41) is 12.5. The molecular formula is C22H27N5O. The predicted octanol–water partition coefficient (Wildman–Crippen LogP) is 2.65. The first-order valence-corrected chi connectivity index (χ1v) is 9.63. The number of piperidine rings is 1. The van der Waals surface area contributed by atoms with Gasteiger partial charge in [0.15, 0.2) is 0 Å². The Labute approximate surface area is 166 Å². The third-order valence-corrected chi connectivity index (χ3v) is 5.21. The summed E-state index contributed by atoms with van der Waals surface area (Å²) >= 11 is 0. The highest BCUT2D eigenvalue weighted by Crippen LogP contribution is 2.23. The number of nitriles is 1. The maximum absolute atomic E-state index is 13.0. The Balaban J connectivity index is 1.62. The molecule has 1 amide bonds. The smallest absolute Gasteiger partial charge is 0.242 e. The summed E-state index contributed by atoms with van der Waals surface area (Å²) in [4.78, 5) is 21.4. The SMILES string of the molecule is Cc1ccc([C@H](C(=O)NC2CCN(c3ncccc3C#N)CC2)N(C)C)cc1. The van der Waals surface area contributed by atoms with Crippen LogP contribution in [0.2, 0.25) is 0 Å². The van der Waals surface area contributed by atoms with Crippen molar-refractivity contribution in [2.75, 3.05) is 32.1 Å². The van der Waals surface area contributed by atoms with Crippen molar-refractivity contribution in [1.82, 2.24) is 15.2 Å². The minimum absolute atomic E-state index is 0.0304. The van der Waals surface area contributed by atoms with Crippen LogP contribution >= 0.6 is 0 Å². The molecule has 0 saturated carbocycles. The fraction of sp³-hybridized carbons (Fsp3) is 0.409. The number of carbonyl (C=O) groups excluding carboxylic acids is 1. The van der Waals surface area contributed by atoms with Gasteiger partial charge in [-0.25, -0.2) is 4.98 Å². The second-order valence-electron chi connectivity index (χ2n) is 7.53. The number of aromatic nitrogens is 1. The molecule has 6 nitrogen and oxygen atoms in total. The number of nitrogens with zero attached hydrogens (tertiary/aromatic N) is 4. The Morgan fingerprint density at radius 2 is 1.93 bits per heavy atom. The van der Waals surface area contributed by atoms with E-state index in [0.29, 0.717) is 5.56 Å². The molecule has 2 heterocycles. The van der Waals surface area contributed by atoms with Crippen LogP contribution in [0.1, 0.15) is 35.6 Å². The van der Waals surface area contributed by atoms with Gasteiger partial charge in [-0.1, -0.05) is 29.8 Å². The molecule has 1 aliphatic rings. The van der Waals surface area contributed by atoms with Gasteiger partial charge in [0, 0.05) is 25.3 Å². The monoisotopic (exact) mass is 377 g/mol. The second-order valence-corrected chi connectivity index (χ2v) is 7.53. The zero-order chi connectivity index (χ0) is 20.1. The minimum atomic E-state index is -0.306. The highest BCUT2D eigenvalue weighted by Gasteiger charge is 2.28. The van der Waals surface area contributed by atoms with Gasteiger partial charge in [0.2, 0.25) is 5.91 Å². The maximum Gasteiger partial charge on any atom is 0.242 e. The lowest BCUT2D eigenvalue weighted by Crippen LogP contribution is -2.48. The molecule has 3 rings (SSSR count). The zero-order valence-electron chi connectivity index (χ0n) is 16.7. The lowest BCUT2D eigenvalue weighted by atomic mass is 10.0. The van der Waals surface area contributed by atoms with E-state index in [9.17, 15) is 10.1 Å². The van der Waals surface area contributed by atoms with Crippen molar-refractivity contribution in [3.05, 3.63) is 59.3 Å². The average Bonchev–Trinajstić information content (AvgIpc) is 2.70. The third-order valence-electron chi connectivity index (χ3n) is 5.21. The number of rotatable bonds is 5. The molecule has 1 aromatic carbocycles. The molecule has 0 spiro atoms. The Bertz CT molecular complexity index is 848. The molecule has 1 aliphatic heterocycles. The van der Waals surface area contributed by atoms with Crippen LogP contribution in [0.25, 0.3) is 0 Å². The van der Waals surface area contributed by atoms with Crippen molar-refractivity contribution in [3.8, 4) is 6.07 Å². The Hall–Kier alpha value is -2.91. The lowest BCUT2D eigenvalue weighted by Gasteiger charge is -2.34. The largest absolute Gasteiger partial charge is 0.355 e. The van der Waals surface area contributed by atoms with Crippen molar-refractivity contribution >= 4 is 11.7 Å². The summed E-state index contributed by atoms with van der Waals surface area (Å²) < 4.78 is 0. The van der Waals surface area contributed by atoms with E-state index in [4.69, 9.17) is 0 Å². The third kappa shape index (κ3) is 4.49. The first kappa shape index (κ1) is 19.8. The molecule has 0 bridgehead atoms. The molecule has 1 fully saturated rings. The highest BCUT2D eigenvalue weighted by atomic mass is 16.2. The Morgan fingerprint density at radius 3 is 2.54 bits per heavy atom. The summed E-state index contributed by atoms with van der Waals surface area (Å²) in [6.45, 7) is 3.59. The number of amides is 1. The van der Waals surface area contributed by atoms with Gasteiger partial charge >= 0.3 is 0 Å². The Morgan fingerprint density at radius 1 is 1.25 bits per heavy atom. The van der Waals surface area contributed by atoms with E-state index in [0.717, 1.165) is 37.3 Å². The van der Waals surface area contributed by atoms with Gasteiger partial charge in [-0.2, -0.15) is 5.26 Å². The van der Waals surface area contributed by atoms with Crippen LogP contribution in [0, 0.1) is 18.3 Å². The Kier molecular flexibility index (Phi) is 6.27. The molecule has 0 unspecified atom stereocenters. The van der Waals surface area contributed by atoms with Crippen LogP contribution in [-0.2, 0) is 4.79 Å². The predicted molar refractivity (Wildman–Crippen MR) is 110 cm³/mol. The molecule has 28 heavy (non-hydrogen) atoms. The number of hydrogen-bond acceptors (Lipinski definition) is 5. The van der Waals surface area contributed by atoms with Crippen molar-refractivity contribution in [3.63, 3.8) is 0 Å². The van der Waals surface area contributed by atoms with Crippen molar-refractivity contribution < 1.29 is 4.79 Å². The molecule has 6 heteroatoms. The number of aryl methyl sites for hydroxylation is 1. The van der Waals surface area contributed by atoms with Gasteiger partial charge < -0.3 is 10.2 Å². The summed E-state index contributed by atoms with van der Waals surface area (Å²) in [5.41, 5.74) is 2.77. The van der Waals surface area contributed by atoms with Gasteiger partial charge in [-0.3, -0.25) is 9.69 Å². The normalized spacial score (nSPS) is 15.9. The van der Waals surface area contributed by atoms with E-state index in [-0.39, 0.29) is 18.0 Å². The number of anilines is 1. The summed E-state index contributed by atoms with van der Waals surface area (Å²) in [5.74, 6) is 0.767. The van der Waals surface area contributed by atoms with Crippen LogP contribution in [0.5, 0.6) is 0 Å². The average molecular weight is 377 g/mol. The van der Waals surface area contributed by atoms with Gasteiger partial charge in [0.1, 0.15) is 17.9 Å². The molecule has 1 N–H and O–H groups in total. The maximum atomic E-state index is 13.0. The molecule has 0 radical (unpaired) electrons. The topological polar surface area (TPSA) is 72.3 Å². The fourth-order valence-electron chi connectivity index (χ4n) is 3.68. The van der Waals surface area contributed by atoms with Gasteiger partial charge in [0.25, 0.3) is 0 Å². The fourth-order valence-corrected chi connectivity index (χ4v) is 3.68. The quantitative estimate of drug-likeness (QED) is 0.867. The van der Waals surface area contributed by atoms with Crippen LogP contribution in [0.15, 0.2) is 42.6 Å². The van der Waals surface area contributed by atoms with Crippen LogP contribution in [0.3, 0.4) is 0 Å². The molecule has 2 aromatic rings. The van der Waals surface area contributed by atoms with E-state index in [2.05, 4.69) is 21.3 Å². The van der Waals surface area contributed by atoms with E-state index in [1.165, 1.54) is 5.56 Å². The van der Waals surface area contributed by atoms with Crippen LogP contribution < -0.4 is 10.2 Å². The molecule has 1 saturated heterocycles. The molecule has 0 aliphatic carbocycles. The van der Waals surface area contributed by atoms with Crippen molar-refractivity contribution in [2.45, 2.75) is 31.8 Å². The van der Waals surface area contributed by atoms with Crippen molar-refractivity contribution in [2.24, 2.45) is 0 Å². The van der Waals surface area contributed by atoms with Gasteiger partial charge in [0.05, 0.1) is 5.56 Å². The van der Waals surface area contributed by atoms with Crippen molar-refractivity contribution in [1.29, 1.82) is 5.26 Å². The zero-order valence-corrected chi connectivity index (χ0v) is 16.7. The van der Waals surface area contributed by atoms with Crippen LogP contribution in [-0.4, -0.2) is 49.0 Å². The van der Waals surface area contributed by atoms with E-state index in [1.54, 1.807) is 18.3 Å².